The lowest BCUT2D eigenvalue weighted by Crippen LogP contribution is -2.29. The van der Waals surface area contributed by atoms with Gasteiger partial charge in [0.2, 0.25) is 0 Å². The van der Waals surface area contributed by atoms with E-state index in [2.05, 4.69) is 71.1 Å². The van der Waals surface area contributed by atoms with Crippen LogP contribution in [-0.2, 0) is 12.8 Å². The van der Waals surface area contributed by atoms with Crippen molar-refractivity contribution in [1.82, 2.24) is 54.5 Å². The lowest BCUT2D eigenvalue weighted by atomic mass is 10.0. The number of aromatic nitrogens is 11. The molecule has 7 aromatic heterocycles. The molecule has 0 saturated heterocycles. The Morgan fingerprint density at radius 2 is 0.808 bits per heavy atom. The second-order valence-corrected chi connectivity index (χ2v) is 22.5. The fraction of sp³-hybridized carbons (Fsp3) is 0.0323. The van der Waals surface area contributed by atoms with E-state index < -0.39 is 48.4 Å². The highest BCUT2D eigenvalue weighted by Gasteiger charge is 2.23. The number of hydrogen-bond donors (Lipinski definition) is 8. The standard InChI is InChI=1S/C17H14ClN3O3.C15H10ClN7O4.C15H10ClN7O3S.C15H11N7O4/c18-13-3-1-2-11(10-13)4-9-15-16(19-20-17(15)22)12-5-7-14(8-6-12)21(23)24;16-9-5-10(7-18-6-9)19-20-13-12(21-22(14(13)24)15(17)25)8-1-3-11(4-2-8)23(26)27;16-9-5-10(7-18-6-9)19-20-13-12(21-22(14(13)24)15(17)27)8-1-3-11(4-2-8)23(25)26;16-15(24)21-14(23)13(19-18-10-2-1-7-17-8-10)12(20-21)9-3-5-11(6-4-9)22(25)26/h1-3,5-8,10H,4,9H2,(H2,19,20,22);1-7,21H,(H2,17,25);1-7,21H,(H2,17,27);1-8,20H,(H2,16,24). The van der Waals surface area contributed by atoms with E-state index in [0.29, 0.717) is 76.6 Å². The number of carbonyl (C=O) groups excluding carboxylic acids is 2. The number of carbonyl (C=O) groups is 2. The zero-order chi connectivity index (χ0) is 74.9. The average Bonchev–Trinajstić information content (AvgIpc) is 1.65. The molecule has 12 aromatic rings. The molecule has 0 unspecified atom stereocenters. The van der Waals surface area contributed by atoms with E-state index in [1.807, 2.05) is 18.2 Å². The van der Waals surface area contributed by atoms with Crippen LogP contribution < -0.4 is 39.4 Å². The van der Waals surface area contributed by atoms with Crippen LogP contribution >= 0.6 is 47.0 Å². The molecule has 0 saturated carbocycles. The molecular formula is C62H45Cl3N24O14S. The first-order valence-electron chi connectivity index (χ1n) is 29.1. The van der Waals surface area contributed by atoms with E-state index in [4.69, 9.17) is 64.2 Å². The second-order valence-electron chi connectivity index (χ2n) is 20.8. The van der Waals surface area contributed by atoms with Crippen molar-refractivity contribution in [2.24, 2.45) is 47.9 Å². The number of primary amides is 2. The molecule has 7 heterocycles. The number of aryl methyl sites for hydroxylation is 1. The summed E-state index contributed by atoms with van der Waals surface area (Å²) in [4.78, 5) is 125. The summed E-state index contributed by atoms with van der Waals surface area (Å²) in [6.07, 6.45) is 9.82. The van der Waals surface area contributed by atoms with Crippen molar-refractivity contribution in [2.75, 3.05) is 0 Å². The zero-order valence-corrected chi connectivity index (χ0v) is 55.5. The third-order valence-corrected chi connectivity index (χ3v) is 14.8. The fourth-order valence-corrected chi connectivity index (χ4v) is 9.79. The predicted octanol–water partition coefficient (Wildman–Crippen LogP) is 12.7. The molecular weight excluding hydrogens is 1440 g/mol. The number of hydrogen-bond acceptors (Lipinski definition) is 24. The Kier molecular flexibility index (Phi) is 23.8. The molecule has 12 rings (SSSR count). The SMILES string of the molecule is NC(=O)n1[nH]c(-c2ccc([N+](=O)[O-])cc2)c(N=Nc2cccnc2)c1=O.NC(=O)n1[nH]c(-c2ccc([N+](=O)[O-])cc2)c(N=Nc2cncc(Cl)c2)c1=O.NC(=S)n1[nH]c(-c2ccc([N+](=O)[O-])cc2)c(N=Nc2cncc(Cl)c2)c1=O.O=c1[nH][nH]c(-c2ccc([N+](=O)[O-])cc2)c1CCc1cccc(Cl)c1. The number of non-ortho nitro benzene ring substituents is 4. The van der Waals surface area contributed by atoms with Crippen LogP contribution in [0.4, 0.5) is 66.5 Å². The van der Waals surface area contributed by atoms with Crippen LogP contribution in [0.5, 0.6) is 0 Å². The van der Waals surface area contributed by atoms with Crippen molar-refractivity contribution < 1.29 is 29.3 Å². The van der Waals surface area contributed by atoms with Gasteiger partial charge >= 0.3 is 28.7 Å². The first-order chi connectivity index (χ1) is 49.7. The number of azo groups is 3. The van der Waals surface area contributed by atoms with Gasteiger partial charge in [-0.3, -0.25) is 100 Å². The molecule has 38 nitrogen and oxygen atoms in total. The van der Waals surface area contributed by atoms with Crippen molar-refractivity contribution in [3.63, 3.8) is 0 Å². The summed E-state index contributed by atoms with van der Waals surface area (Å²) < 4.78 is 2.06. The van der Waals surface area contributed by atoms with E-state index in [1.54, 1.807) is 36.5 Å². The maximum atomic E-state index is 12.5. The number of nitro benzene ring substituents is 4. The maximum absolute atomic E-state index is 12.5. The van der Waals surface area contributed by atoms with Crippen molar-refractivity contribution in [1.29, 1.82) is 0 Å². The Labute approximate surface area is 598 Å². The molecule has 42 heteroatoms. The first kappa shape index (κ1) is 73.9. The van der Waals surface area contributed by atoms with E-state index in [-0.39, 0.29) is 73.3 Å². The number of benzene rings is 5. The number of pyridine rings is 3. The van der Waals surface area contributed by atoms with Crippen LogP contribution in [0, 0.1) is 40.5 Å². The fourth-order valence-electron chi connectivity index (χ4n) is 9.11. The summed E-state index contributed by atoms with van der Waals surface area (Å²) in [6.45, 7) is 0. The minimum Gasteiger partial charge on any atom is -0.374 e. The highest BCUT2D eigenvalue weighted by Crippen LogP contribution is 2.33. The number of nitrogens with one attached hydrogen (secondary N) is 5. The Morgan fingerprint density at radius 1 is 0.433 bits per heavy atom. The Bertz CT molecular complexity index is 5420. The molecule has 2 amide bonds. The van der Waals surface area contributed by atoms with Gasteiger partial charge in [0.1, 0.15) is 17.1 Å². The number of amides is 2. The van der Waals surface area contributed by atoms with E-state index in [9.17, 15) is 69.2 Å². The second kappa shape index (κ2) is 33.5. The summed E-state index contributed by atoms with van der Waals surface area (Å²) in [5, 5.41) is 80.9. The molecule has 0 atom stereocenters. The smallest absolute Gasteiger partial charge is 0.341 e. The third-order valence-electron chi connectivity index (χ3n) is 14.0. The number of H-pyrrole nitrogens is 5. The van der Waals surface area contributed by atoms with Crippen LogP contribution in [0.25, 0.3) is 45.0 Å². The Hall–Kier alpha value is -14.3. The molecule has 0 aliphatic rings. The summed E-state index contributed by atoms with van der Waals surface area (Å²) in [6, 6.07) is 33.9. The Balaban J connectivity index is 0.000000161. The first-order valence-corrected chi connectivity index (χ1v) is 30.6. The van der Waals surface area contributed by atoms with Crippen LogP contribution in [0.1, 0.15) is 11.1 Å². The molecule has 0 bridgehead atoms. The van der Waals surface area contributed by atoms with Gasteiger partial charge in [0.05, 0.1) is 71.1 Å². The third kappa shape index (κ3) is 18.5. The van der Waals surface area contributed by atoms with Crippen molar-refractivity contribution in [3.05, 3.63) is 291 Å². The lowest BCUT2D eigenvalue weighted by molar-refractivity contribution is -0.385. The maximum Gasteiger partial charge on any atom is 0.341 e. The number of thiocarbonyl (C=S) groups is 1. The highest BCUT2D eigenvalue weighted by molar-refractivity contribution is 7.80. The summed E-state index contributed by atoms with van der Waals surface area (Å²) in [7, 11) is 0. The van der Waals surface area contributed by atoms with Gasteiger partial charge in [-0.05, 0) is 116 Å². The van der Waals surface area contributed by atoms with Crippen molar-refractivity contribution >= 4 is 121 Å². The molecule has 524 valence electrons. The number of rotatable bonds is 17. The molecule has 11 N–H and O–H groups in total. The van der Waals surface area contributed by atoms with E-state index >= 15 is 0 Å². The van der Waals surface area contributed by atoms with Gasteiger partial charge < -0.3 is 17.2 Å². The van der Waals surface area contributed by atoms with Crippen LogP contribution in [0.2, 0.25) is 15.1 Å². The minimum absolute atomic E-state index is 0.0112. The van der Waals surface area contributed by atoms with Gasteiger partial charge in [-0.1, -0.05) is 46.9 Å². The van der Waals surface area contributed by atoms with Gasteiger partial charge in [-0.2, -0.15) is 14.0 Å². The zero-order valence-electron chi connectivity index (χ0n) is 52.4. The van der Waals surface area contributed by atoms with Gasteiger partial charge in [0.15, 0.2) is 22.2 Å². The Morgan fingerprint density at radius 3 is 1.16 bits per heavy atom. The minimum atomic E-state index is -1.05. The summed E-state index contributed by atoms with van der Waals surface area (Å²) in [5.41, 5.74) is 18.5. The highest BCUT2D eigenvalue weighted by atomic mass is 35.5. The molecule has 104 heavy (non-hydrogen) atoms. The predicted molar refractivity (Wildman–Crippen MR) is 381 cm³/mol. The van der Waals surface area contributed by atoms with Crippen molar-refractivity contribution in [3.8, 4) is 45.0 Å². The molecule has 0 radical (unpaired) electrons. The number of halogens is 3. The number of aromatic amines is 5. The van der Waals surface area contributed by atoms with Crippen LogP contribution in [0.3, 0.4) is 0 Å². The molecule has 5 aromatic carbocycles. The molecule has 0 fully saturated rings. The number of nitrogens with two attached hydrogens (primary N) is 3. The normalized spacial score (nSPS) is 10.9. The lowest BCUT2D eigenvalue weighted by Gasteiger charge is -2.04. The van der Waals surface area contributed by atoms with Crippen LogP contribution in [0.15, 0.2) is 233 Å². The number of nitrogens with zero attached hydrogens (tertiary/aromatic N) is 16. The van der Waals surface area contributed by atoms with Gasteiger partial charge in [0, 0.05) is 100.0 Å². The monoisotopic (exact) mass is 1490 g/mol. The molecule has 0 aliphatic carbocycles. The van der Waals surface area contributed by atoms with Gasteiger partial charge in [-0.25, -0.2) is 9.59 Å². The number of nitro groups is 4. The molecule has 0 aliphatic heterocycles. The van der Waals surface area contributed by atoms with Gasteiger partial charge in [0.25, 0.3) is 28.3 Å². The topological polar surface area (TPSA) is 560 Å². The quantitative estimate of drug-likeness (QED) is 0.0182. The average molecular weight is 1490 g/mol. The van der Waals surface area contributed by atoms with E-state index in [0.717, 1.165) is 15.8 Å². The van der Waals surface area contributed by atoms with Crippen LogP contribution in [-0.4, -0.2) is 91.4 Å². The summed E-state index contributed by atoms with van der Waals surface area (Å²) >= 11 is 22.5. The van der Waals surface area contributed by atoms with E-state index in [1.165, 1.54) is 128 Å². The summed E-state index contributed by atoms with van der Waals surface area (Å²) in [5.74, 6) is 0. The van der Waals surface area contributed by atoms with Crippen molar-refractivity contribution in [2.45, 2.75) is 12.8 Å². The van der Waals surface area contributed by atoms with Gasteiger partial charge in [-0.15, -0.1) is 30.7 Å². The molecule has 0 spiro atoms. The largest absolute Gasteiger partial charge is 0.374 e.